The van der Waals surface area contributed by atoms with Crippen LogP contribution < -0.4 is 9.47 Å². The lowest BCUT2D eigenvalue weighted by atomic mass is 9.94. The SMILES string of the molecule is CC1(C)Oc2c(sc3c4c(sc23)-c2sc(C=C3C(=O)c5cc6cc7ccccc7cc6cc5C3=O)cc2C(C)(C)O4)-c2sc(C=C3C(=O)c4cc5cc6ccccc6cc5cc4C3=O)cc21. The van der Waals surface area contributed by atoms with Crippen LogP contribution in [0.15, 0.2) is 120 Å². The highest BCUT2D eigenvalue weighted by Crippen LogP contribution is 2.64. The van der Waals surface area contributed by atoms with Gasteiger partial charge in [0.1, 0.15) is 11.2 Å². The van der Waals surface area contributed by atoms with Crippen LogP contribution in [0.2, 0.25) is 0 Å². The minimum absolute atomic E-state index is 0.176. The number of carbonyl (C=O) groups is 4. The van der Waals surface area contributed by atoms with Crippen molar-refractivity contribution in [3.05, 3.63) is 163 Å². The number of allylic oxidation sites excluding steroid dienone is 2. The van der Waals surface area contributed by atoms with Crippen LogP contribution in [0.3, 0.4) is 0 Å². The van der Waals surface area contributed by atoms with Crippen molar-refractivity contribution in [3.8, 4) is 31.0 Å². The van der Waals surface area contributed by atoms with Crippen molar-refractivity contribution in [1.82, 2.24) is 0 Å². The Labute approximate surface area is 392 Å². The average molecular weight is 929 g/mol. The maximum absolute atomic E-state index is 13.9. The number of fused-ring (bicyclic) bond motifs is 15. The van der Waals surface area contributed by atoms with E-state index >= 15 is 0 Å². The summed E-state index contributed by atoms with van der Waals surface area (Å²) in [6, 6.07) is 36.1. The van der Waals surface area contributed by atoms with Gasteiger partial charge in [0.15, 0.2) is 34.6 Å². The highest BCUT2D eigenvalue weighted by atomic mass is 32.1. The highest BCUT2D eigenvalue weighted by molar-refractivity contribution is 7.35. The Balaban J connectivity index is 0.819. The van der Waals surface area contributed by atoms with Crippen molar-refractivity contribution in [3.63, 3.8) is 0 Å². The number of Topliss-reactive ketones (excluding diaryl/α,β-unsaturated/α-hetero) is 4. The normalized spacial score (nSPS) is 16.4. The zero-order chi connectivity index (χ0) is 44.7. The number of hydrogen-bond donors (Lipinski definition) is 0. The van der Waals surface area contributed by atoms with Gasteiger partial charge in [-0.1, -0.05) is 48.5 Å². The Morgan fingerprint density at radius 3 is 1.03 bits per heavy atom. The molecule has 0 radical (unpaired) electrons. The average Bonchev–Trinajstić information content (AvgIpc) is 4.15. The Kier molecular flexibility index (Phi) is 7.55. The van der Waals surface area contributed by atoms with Crippen LogP contribution in [0.25, 0.3) is 84.2 Å². The summed E-state index contributed by atoms with van der Waals surface area (Å²) in [6.45, 7) is 8.21. The summed E-state index contributed by atoms with van der Waals surface area (Å²) >= 11 is 6.41. The quantitative estimate of drug-likeness (QED) is 0.0975. The molecule has 0 bridgehead atoms. The van der Waals surface area contributed by atoms with Crippen molar-refractivity contribution in [2.75, 3.05) is 0 Å². The number of hydrogen-bond acceptors (Lipinski definition) is 10. The van der Waals surface area contributed by atoms with Crippen LogP contribution in [0.1, 0.15) is 90.0 Å². The van der Waals surface area contributed by atoms with Gasteiger partial charge in [-0.05, 0) is 144 Å². The van der Waals surface area contributed by atoms with Gasteiger partial charge in [0.05, 0.1) is 40.1 Å². The summed E-state index contributed by atoms with van der Waals surface area (Å²) in [5.41, 5.74) is 2.72. The first-order chi connectivity index (χ1) is 31.8. The maximum Gasteiger partial charge on any atom is 0.197 e. The molecule has 10 aromatic rings. The fraction of sp³-hybridized carbons (Fsp3) is 0.107. The zero-order valence-corrected chi connectivity index (χ0v) is 38.9. The van der Waals surface area contributed by atoms with Crippen LogP contribution in [0.5, 0.6) is 11.5 Å². The molecule has 4 aromatic heterocycles. The van der Waals surface area contributed by atoms with Crippen LogP contribution in [0, 0.1) is 0 Å². The van der Waals surface area contributed by atoms with Crippen molar-refractivity contribution in [2.45, 2.75) is 38.9 Å². The second kappa shape index (κ2) is 13.0. The first-order valence-electron chi connectivity index (χ1n) is 21.6. The van der Waals surface area contributed by atoms with E-state index in [0.29, 0.717) is 22.3 Å². The second-order valence-electron chi connectivity index (χ2n) is 18.5. The molecule has 0 atom stereocenters. The molecule has 6 aromatic carbocycles. The molecule has 0 spiro atoms. The Morgan fingerprint density at radius 1 is 0.394 bits per heavy atom. The molecule has 0 saturated carbocycles. The van der Waals surface area contributed by atoms with Crippen LogP contribution in [-0.2, 0) is 11.2 Å². The summed E-state index contributed by atoms with van der Waals surface area (Å²) in [5, 5.41) is 8.06. The summed E-state index contributed by atoms with van der Waals surface area (Å²) < 4.78 is 15.8. The molecule has 0 unspecified atom stereocenters. The molecule has 10 heteroatoms. The molecular weight excluding hydrogens is 897 g/mol. The van der Waals surface area contributed by atoms with Gasteiger partial charge in [-0.2, -0.15) is 0 Å². The summed E-state index contributed by atoms with van der Waals surface area (Å²) in [4.78, 5) is 61.5. The zero-order valence-electron chi connectivity index (χ0n) is 35.6. The van der Waals surface area contributed by atoms with Crippen LogP contribution >= 0.6 is 45.3 Å². The van der Waals surface area contributed by atoms with Gasteiger partial charge < -0.3 is 9.47 Å². The maximum atomic E-state index is 13.9. The topological polar surface area (TPSA) is 86.7 Å². The van der Waals surface area contributed by atoms with Crippen molar-refractivity contribution >= 4 is 133 Å². The molecule has 2 aliphatic heterocycles. The molecule has 0 fully saturated rings. The molecule has 0 amide bonds. The van der Waals surface area contributed by atoms with E-state index in [-0.39, 0.29) is 34.3 Å². The minimum Gasteiger partial charge on any atom is -0.480 e. The van der Waals surface area contributed by atoms with E-state index in [4.69, 9.17) is 9.47 Å². The fourth-order valence-corrected chi connectivity index (χ4v) is 15.7. The number of thiophene rings is 4. The number of rotatable bonds is 2. The molecule has 6 nitrogen and oxygen atoms in total. The lowest BCUT2D eigenvalue weighted by Gasteiger charge is -2.31. The molecule has 316 valence electrons. The smallest absolute Gasteiger partial charge is 0.197 e. The minimum atomic E-state index is -0.703. The Bertz CT molecular complexity index is 3670. The van der Waals surface area contributed by atoms with Crippen molar-refractivity contribution < 1.29 is 28.7 Å². The highest BCUT2D eigenvalue weighted by Gasteiger charge is 2.43. The first-order valence-corrected chi connectivity index (χ1v) is 24.9. The van der Waals surface area contributed by atoms with Gasteiger partial charge in [-0.3, -0.25) is 19.2 Å². The van der Waals surface area contributed by atoms with Crippen LogP contribution in [-0.4, -0.2) is 23.1 Å². The lowest BCUT2D eigenvalue weighted by Crippen LogP contribution is -2.27. The summed E-state index contributed by atoms with van der Waals surface area (Å²) in [7, 11) is 0. The molecule has 6 heterocycles. The standard InChI is InChI=1S/C56H32O6S4/c1-55(2)41-23-33(21-39-43(57)35-17-29-13-25-9-5-6-10-26(25)14-30(29)18-36(35)44(39)58)63-49(41)51-47(61-55)53-54(65-51)48-52(66-53)50-42(56(3,4)62-48)24-34(64-50)22-40-45(59)37-19-31-15-27-11-7-8-12-28(27)16-32(31)20-38(37)46(40)60/h5-24H,1-4H3. The van der Waals surface area contributed by atoms with E-state index in [2.05, 4.69) is 88.4 Å². The van der Waals surface area contributed by atoms with E-state index < -0.39 is 11.2 Å². The number of carbonyl (C=O) groups excluding carboxylic acids is 4. The van der Waals surface area contributed by atoms with Crippen LogP contribution in [0.4, 0.5) is 0 Å². The summed E-state index contributed by atoms with van der Waals surface area (Å²) in [5.74, 6) is 0.590. The molecule has 66 heavy (non-hydrogen) atoms. The van der Waals surface area contributed by atoms with Gasteiger partial charge in [-0.15, -0.1) is 45.3 Å². The van der Waals surface area contributed by atoms with Gasteiger partial charge in [0, 0.05) is 43.1 Å². The fourth-order valence-electron chi connectivity index (χ4n) is 10.3. The molecule has 2 aliphatic carbocycles. The third kappa shape index (κ3) is 5.26. The monoisotopic (exact) mass is 928 g/mol. The molecule has 4 aliphatic rings. The number of ether oxygens (including phenoxy) is 2. The third-order valence-electron chi connectivity index (χ3n) is 13.6. The first kappa shape index (κ1) is 38.4. The van der Waals surface area contributed by atoms with Crippen molar-refractivity contribution in [1.29, 1.82) is 0 Å². The van der Waals surface area contributed by atoms with E-state index in [0.717, 1.165) is 104 Å². The van der Waals surface area contributed by atoms with E-state index in [1.807, 2.05) is 48.5 Å². The van der Waals surface area contributed by atoms with E-state index in [1.54, 1.807) is 57.5 Å². The molecule has 0 N–H and O–H groups in total. The molecule has 0 saturated heterocycles. The van der Waals surface area contributed by atoms with Gasteiger partial charge in [-0.25, -0.2) is 0 Å². The molecule has 14 rings (SSSR count). The predicted molar refractivity (Wildman–Crippen MR) is 270 cm³/mol. The number of benzene rings is 6. The lowest BCUT2D eigenvalue weighted by molar-refractivity contribution is 0.0975. The Hall–Kier alpha value is -6.82. The van der Waals surface area contributed by atoms with E-state index in [9.17, 15) is 19.2 Å². The second-order valence-corrected chi connectivity index (χ2v) is 22.7. The molecular formula is C56H32O6S4. The predicted octanol–water partition coefficient (Wildman–Crippen LogP) is 15.2. The van der Waals surface area contributed by atoms with Gasteiger partial charge >= 0.3 is 0 Å². The summed E-state index contributed by atoms with van der Waals surface area (Å²) in [6.07, 6.45) is 3.52. The Morgan fingerprint density at radius 2 is 0.712 bits per heavy atom. The van der Waals surface area contributed by atoms with Gasteiger partial charge in [0.25, 0.3) is 0 Å². The van der Waals surface area contributed by atoms with E-state index in [1.165, 1.54) is 0 Å². The number of ketones is 4. The largest absolute Gasteiger partial charge is 0.480 e. The third-order valence-corrected chi connectivity index (χ3v) is 18.5. The van der Waals surface area contributed by atoms with Gasteiger partial charge in [0.2, 0.25) is 0 Å². The van der Waals surface area contributed by atoms with Crippen molar-refractivity contribution in [2.24, 2.45) is 0 Å².